The van der Waals surface area contributed by atoms with Crippen LogP contribution in [0.1, 0.15) is 11.1 Å². The molecule has 0 aliphatic rings. The molecular formula is C14H13BrN2OS. The number of halogens is 1. The van der Waals surface area contributed by atoms with Crippen LogP contribution in [0.2, 0.25) is 0 Å². The predicted molar refractivity (Wildman–Crippen MR) is 82.0 cm³/mol. The third kappa shape index (κ3) is 3.11. The van der Waals surface area contributed by atoms with Crippen LogP contribution in [0.4, 0.5) is 0 Å². The molecule has 0 heterocycles. The molecule has 3 nitrogen and oxygen atoms in total. The number of benzene rings is 2. The fraction of sp³-hybridized carbons (Fsp3) is 0.0714. The van der Waals surface area contributed by atoms with Crippen molar-refractivity contribution in [3.63, 3.8) is 0 Å². The van der Waals surface area contributed by atoms with Gasteiger partial charge in [-0.15, -0.1) is 0 Å². The van der Waals surface area contributed by atoms with Crippen molar-refractivity contribution >= 4 is 33.5 Å². The SMILES string of the molecule is Cc1ccccc1Sc1cccc(Br)c1/C(N)=N/O. The zero-order chi connectivity index (χ0) is 13.8. The standard InChI is InChI=1S/C14H13BrN2OS/c1-9-5-2-3-7-11(9)19-12-8-4-6-10(15)13(12)14(16)17-18/h2-8,18H,1H3,(H2,16,17). The minimum absolute atomic E-state index is 0.101. The van der Waals surface area contributed by atoms with E-state index in [2.05, 4.69) is 40.1 Å². The Morgan fingerprint density at radius 1 is 1.16 bits per heavy atom. The van der Waals surface area contributed by atoms with Gasteiger partial charge in [-0.3, -0.25) is 0 Å². The van der Waals surface area contributed by atoms with Gasteiger partial charge in [-0.1, -0.05) is 41.2 Å². The van der Waals surface area contributed by atoms with Crippen LogP contribution in [0.5, 0.6) is 0 Å². The predicted octanol–water partition coefficient (Wildman–Crippen LogP) is 4.00. The third-order valence-corrected chi connectivity index (χ3v) is 4.55. The highest BCUT2D eigenvalue weighted by atomic mass is 79.9. The average molecular weight is 337 g/mol. The first-order chi connectivity index (χ1) is 9.13. The van der Waals surface area contributed by atoms with Crippen molar-refractivity contribution in [1.82, 2.24) is 0 Å². The highest BCUT2D eigenvalue weighted by Crippen LogP contribution is 2.35. The molecule has 0 radical (unpaired) electrons. The molecule has 0 saturated carbocycles. The Hall–Kier alpha value is -1.46. The fourth-order valence-corrected chi connectivity index (χ4v) is 3.45. The van der Waals surface area contributed by atoms with Gasteiger partial charge in [0, 0.05) is 19.8 Å². The first-order valence-electron chi connectivity index (χ1n) is 5.63. The van der Waals surface area contributed by atoms with E-state index >= 15 is 0 Å². The summed E-state index contributed by atoms with van der Waals surface area (Å²) in [6.45, 7) is 2.06. The van der Waals surface area contributed by atoms with E-state index in [9.17, 15) is 0 Å². The van der Waals surface area contributed by atoms with E-state index in [0.29, 0.717) is 5.56 Å². The van der Waals surface area contributed by atoms with E-state index < -0.39 is 0 Å². The topological polar surface area (TPSA) is 58.6 Å². The van der Waals surface area contributed by atoms with E-state index in [1.165, 1.54) is 5.56 Å². The second-order valence-electron chi connectivity index (χ2n) is 3.97. The fourth-order valence-electron chi connectivity index (χ4n) is 1.68. The summed E-state index contributed by atoms with van der Waals surface area (Å²) < 4.78 is 0.807. The van der Waals surface area contributed by atoms with Crippen LogP contribution in [-0.4, -0.2) is 11.0 Å². The molecule has 3 N–H and O–H groups in total. The molecule has 0 spiro atoms. The Bertz CT molecular complexity index is 629. The number of nitrogens with two attached hydrogens (primary N) is 1. The van der Waals surface area contributed by atoms with Crippen molar-refractivity contribution in [2.45, 2.75) is 16.7 Å². The van der Waals surface area contributed by atoms with Gasteiger partial charge < -0.3 is 10.9 Å². The molecule has 98 valence electrons. The number of hydrogen-bond acceptors (Lipinski definition) is 3. The Kier molecular flexibility index (Phi) is 4.50. The number of amidine groups is 1. The lowest BCUT2D eigenvalue weighted by atomic mass is 10.2. The van der Waals surface area contributed by atoms with Gasteiger partial charge in [-0.2, -0.15) is 0 Å². The van der Waals surface area contributed by atoms with Crippen molar-refractivity contribution in [2.75, 3.05) is 0 Å². The van der Waals surface area contributed by atoms with Gasteiger partial charge in [0.25, 0.3) is 0 Å². The van der Waals surface area contributed by atoms with Gasteiger partial charge in [0.05, 0.1) is 0 Å². The summed E-state index contributed by atoms with van der Waals surface area (Å²) in [5.74, 6) is 0.101. The van der Waals surface area contributed by atoms with Crippen molar-refractivity contribution < 1.29 is 5.21 Å². The van der Waals surface area contributed by atoms with E-state index in [1.807, 2.05) is 30.3 Å². The summed E-state index contributed by atoms with van der Waals surface area (Å²) >= 11 is 5.03. The summed E-state index contributed by atoms with van der Waals surface area (Å²) in [5.41, 5.74) is 7.64. The Morgan fingerprint density at radius 2 is 1.84 bits per heavy atom. The zero-order valence-corrected chi connectivity index (χ0v) is 12.7. The van der Waals surface area contributed by atoms with Gasteiger partial charge in [0.15, 0.2) is 5.84 Å². The molecular weight excluding hydrogens is 324 g/mol. The molecule has 0 aliphatic heterocycles. The molecule has 2 aromatic carbocycles. The number of hydrogen-bond donors (Lipinski definition) is 2. The van der Waals surface area contributed by atoms with Gasteiger partial charge in [0.1, 0.15) is 0 Å². The summed E-state index contributed by atoms with van der Waals surface area (Å²) in [7, 11) is 0. The lowest BCUT2D eigenvalue weighted by Crippen LogP contribution is -2.15. The van der Waals surface area contributed by atoms with Crippen LogP contribution in [0, 0.1) is 6.92 Å². The van der Waals surface area contributed by atoms with Gasteiger partial charge in [-0.25, -0.2) is 0 Å². The molecule has 0 saturated heterocycles. The number of nitrogens with zero attached hydrogens (tertiary/aromatic N) is 1. The molecule has 0 unspecified atom stereocenters. The van der Waals surface area contributed by atoms with E-state index in [4.69, 9.17) is 10.9 Å². The largest absolute Gasteiger partial charge is 0.409 e. The normalized spacial score (nSPS) is 11.6. The maximum absolute atomic E-state index is 8.89. The van der Waals surface area contributed by atoms with Crippen LogP contribution in [0.25, 0.3) is 0 Å². The van der Waals surface area contributed by atoms with E-state index in [-0.39, 0.29) is 5.84 Å². The average Bonchev–Trinajstić information content (AvgIpc) is 2.41. The number of aryl methyl sites for hydroxylation is 1. The maximum Gasteiger partial charge on any atom is 0.172 e. The van der Waals surface area contributed by atoms with E-state index in [1.54, 1.807) is 11.8 Å². The summed E-state index contributed by atoms with van der Waals surface area (Å²) in [5, 5.41) is 12.0. The van der Waals surface area contributed by atoms with Crippen LogP contribution in [-0.2, 0) is 0 Å². The van der Waals surface area contributed by atoms with Crippen LogP contribution in [0.15, 0.2) is 61.9 Å². The summed E-state index contributed by atoms with van der Waals surface area (Å²) in [6, 6.07) is 13.9. The minimum atomic E-state index is 0.101. The van der Waals surface area contributed by atoms with Crippen molar-refractivity contribution in [3.8, 4) is 0 Å². The molecule has 2 rings (SSSR count). The number of oxime groups is 1. The van der Waals surface area contributed by atoms with Gasteiger partial charge >= 0.3 is 0 Å². The monoisotopic (exact) mass is 336 g/mol. The molecule has 0 aromatic heterocycles. The smallest absolute Gasteiger partial charge is 0.172 e. The first kappa shape index (κ1) is 14.0. The molecule has 19 heavy (non-hydrogen) atoms. The van der Waals surface area contributed by atoms with Crippen molar-refractivity contribution in [3.05, 3.63) is 58.1 Å². The Labute approximate surface area is 124 Å². The van der Waals surface area contributed by atoms with Gasteiger partial charge in [0.2, 0.25) is 0 Å². The van der Waals surface area contributed by atoms with Crippen molar-refractivity contribution in [2.24, 2.45) is 10.9 Å². The highest BCUT2D eigenvalue weighted by Gasteiger charge is 2.13. The molecule has 2 aromatic rings. The lowest BCUT2D eigenvalue weighted by molar-refractivity contribution is 0.318. The van der Waals surface area contributed by atoms with E-state index in [0.717, 1.165) is 14.3 Å². The number of rotatable bonds is 3. The van der Waals surface area contributed by atoms with Crippen LogP contribution in [0.3, 0.4) is 0 Å². The summed E-state index contributed by atoms with van der Waals surface area (Å²) in [6.07, 6.45) is 0. The second-order valence-corrected chi connectivity index (χ2v) is 5.90. The van der Waals surface area contributed by atoms with Crippen LogP contribution < -0.4 is 5.73 Å². The first-order valence-corrected chi connectivity index (χ1v) is 7.24. The lowest BCUT2D eigenvalue weighted by Gasteiger charge is -2.11. The van der Waals surface area contributed by atoms with Crippen LogP contribution >= 0.6 is 27.7 Å². The molecule has 0 amide bonds. The molecule has 0 aliphatic carbocycles. The Balaban J connectivity index is 2.47. The maximum atomic E-state index is 8.89. The molecule has 0 bridgehead atoms. The molecule has 0 atom stereocenters. The van der Waals surface area contributed by atoms with Crippen molar-refractivity contribution in [1.29, 1.82) is 0 Å². The molecule has 5 heteroatoms. The minimum Gasteiger partial charge on any atom is -0.409 e. The summed E-state index contributed by atoms with van der Waals surface area (Å²) in [4.78, 5) is 2.09. The third-order valence-electron chi connectivity index (χ3n) is 2.65. The zero-order valence-electron chi connectivity index (χ0n) is 10.3. The quantitative estimate of drug-likeness (QED) is 0.385. The molecule has 0 fully saturated rings. The second kappa shape index (κ2) is 6.12. The highest BCUT2D eigenvalue weighted by molar-refractivity contribution is 9.10. The van der Waals surface area contributed by atoms with Gasteiger partial charge in [-0.05, 0) is 46.6 Å². The Morgan fingerprint density at radius 3 is 2.53 bits per heavy atom.